The second kappa shape index (κ2) is 9.59. The van der Waals surface area contributed by atoms with Gasteiger partial charge in [0.05, 0.1) is 5.56 Å². The lowest BCUT2D eigenvalue weighted by Gasteiger charge is -2.12. The third-order valence-electron chi connectivity index (χ3n) is 4.57. The van der Waals surface area contributed by atoms with Gasteiger partial charge in [0.1, 0.15) is 17.1 Å². The molecule has 0 saturated heterocycles. The third-order valence-corrected chi connectivity index (χ3v) is 4.57. The Balaban J connectivity index is 1.85. The van der Waals surface area contributed by atoms with E-state index in [4.69, 9.17) is 0 Å². The van der Waals surface area contributed by atoms with Crippen LogP contribution in [0, 0.1) is 5.95 Å². The minimum atomic E-state index is -4.83. The molecule has 0 radical (unpaired) electrons. The SMILES string of the molecule is Fc1ncc(-c2nc(Nc3ccnc(C(F)(F)F)c3)nc(-c3cccc(C(F)(F)F)n3)n2)cc1C(F)F. The molecule has 0 amide bonds. The normalized spacial score (nSPS) is 12.2. The molecule has 7 nitrogen and oxygen atoms in total. The van der Waals surface area contributed by atoms with Gasteiger partial charge in [-0.2, -0.15) is 40.7 Å². The standard InChI is InChI=1S/C21H10F9N7/c22-15(23)11-6-9(8-32-16(11)24)17-35-18(12-2-1-3-13(34-12)20(25,26)27)37-19(36-17)33-10-4-5-31-14(7-10)21(28,29)30/h1-8,15H,(H,31,33,35,36,37). The zero-order valence-electron chi connectivity index (χ0n) is 17.8. The Morgan fingerprint density at radius 2 is 1.46 bits per heavy atom. The number of pyridine rings is 3. The summed E-state index contributed by atoms with van der Waals surface area (Å²) in [5.74, 6) is -2.90. The Kier molecular flexibility index (Phi) is 6.66. The van der Waals surface area contributed by atoms with E-state index in [1.165, 1.54) is 0 Å². The van der Waals surface area contributed by atoms with Crippen LogP contribution in [0.4, 0.5) is 51.1 Å². The van der Waals surface area contributed by atoms with Crippen molar-refractivity contribution in [3.05, 3.63) is 71.7 Å². The molecule has 4 aromatic heterocycles. The molecule has 0 aromatic carbocycles. The average molecular weight is 531 g/mol. The van der Waals surface area contributed by atoms with Crippen LogP contribution in [0.15, 0.2) is 48.8 Å². The van der Waals surface area contributed by atoms with Gasteiger partial charge in [-0.1, -0.05) is 6.07 Å². The Hall–Kier alpha value is -4.37. The number of nitrogens with one attached hydrogen (secondary N) is 1. The molecule has 0 fully saturated rings. The maximum atomic E-state index is 13.7. The molecule has 4 rings (SSSR count). The summed E-state index contributed by atoms with van der Waals surface area (Å²) >= 11 is 0. The van der Waals surface area contributed by atoms with E-state index in [1.54, 1.807) is 0 Å². The first-order chi connectivity index (χ1) is 17.3. The van der Waals surface area contributed by atoms with E-state index in [-0.39, 0.29) is 11.3 Å². The number of halogens is 9. The summed E-state index contributed by atoms with van der Waals surface area (Å²) in [4.78, 5) is 21.6. The number of anilines is 2. The first-order valence-corrected chi connectivity index (χ1v) is 9.86. The van der Waals surface area contributed by atoms with Crippen LogP contribution >= 0.6 is 0 Å². The van der Waals surface area contributed by atoms with Gasteiger partial charge in [-0.05, 0) is 30.3 Å². The highest BCUT2D eigenvalue weighted by Gasteiger charge is 2.33. The number of rotatable bonds is 5. The van der Waals surface area contributed by atoms with Crippen LogP contribution in [-0.4, -0.2) is 29.9 Å². The van der Waals surface area contributed by atoms with Gasteiger partial charge in [-0.15, -0.1) is 0 Å². The molecular weight excluding hydrogens is 521 g/mol. The van der Waals surface area contributed by atoms with Crippen molar-refractivity contribution < 1.29 is 39.5 Å². The predicted molar refractivity (Wildman–Crippen MR) is 109 cm³/mol. The van der Waals surface area contributed by atoms with E-state index >= 15 is 0 Å². The predicted octanol–water partition coefficient (Wildman–Crippen LogP) is 6.25. The molecule has 0 aliphatic heterocycles. The van der Waals surface area contributed by atoms with E-state index in [0.29, 0.717) is 18.2 Å². The maximum Gasteiger partial charge on any atom is 0.433 e. The summed E-state index contributed by atoms with van der Waals surface area (Å²) in [6.45, 7) is 0. The van der Waals surface area contributed by atoms with Gasteiger partial charge in [0.15, 0.2) is 11.6 Å². The van der Waals surface area contributed by atoms with E-state index in [9.17, 15) is 39.5 Å². The Bertz CT molecular complexity index is 1440. The smallest absolute Gasteiger partial charge is 0.324 e. The van der Waals surface area contributed by atoms with Gasteiger partial charge in [0.25, 0.3) is 6.43 Å². The number of hydrogen-bond acceptors (Lipinski definition) is 7. The summed E-state index contributed by atoms with van der Waals surface area (Å²) in [7, 11) is 0. The van der Waals surface area contributed by atoms with Crippen LogP contribution < -0.4 is 5.32 Å². The molecule has 0 atom stereocenters. The summed E-state index contributed by atoms with van der Waals surface area (Å²) in [5.41, 5.74) is -4.58. The number of aromatic nitrogens is 6. The zero-order chi connectivity index (χ0) is 27.0. The minimum Gasteiger partial charge on any atom is -0.324 e. The van der Waals surface area contributed by atoms with Crippen LogP contribution in [0.5, 0.6) is 0 Å². The van der Waals surface area contributed by atoms with Crippen molar-refractivity contribution in [2.24, 2.45) is 0 Å². The number of alkyl halides is 8. The van der Waals surface area contributed by atoms with Gasteiger partial charge >= 0.3 is 12.4 Å². The number of hydrogen-bond donors (Lipinski definition) is 1. The van der Waals surface area contributed by atoms with Crippen molar-refractivity contribution in [3.63, 3.8) is 0 Å². The molecule has 37 heavy (non-hydrogen) atoms. The topological polar surface area (TPSA) is 89.4 Å². The molecule has 192 valence electrons. The number of nitrogens with zero attached hydrogens (tertiary/aromatic N) is 6. The van der Waals surface area contributed by atoms with Gasteiger partial charge in [-0.25, -0.2) is 23.7 Å². The first kappa shape index (κ1) is 25.7. The lowest BCUT2D eigenvalue weighted by atomic mass is 10.2. The fraction of sp³-hybridized carbons (Fsp3) is 0.143. The highest BCUT2D eigenvalue weighted by Crippen LogP contribution is 2.32. The van der Waals surface area contributed by atoms with Crippen molar-refractivity contribution in [1.29, 1.82) is 0 Å². The molecule has 0 bridgehead atoms. The van der Waals surface area contributed by atoms with Crippen molar-refractivity contribution >= 4 is 11.6 Å². The molecule has 1 N–H and O–H groups in total. The first-order valence-electron chi connectivity index (χ1n) is 9.86. The molecule has 4 heterocycles. The Morgan fingerprint density at radius 1 is 0.757 bits per heavy atom. The summed E-state index contributed by atoms with van der Waals surface area (Å²) in [6.07, 6.45) is -11.3. The van der Waals surface area contributed by atoms with Crippen LogP contribution in [0.1, 0.15) is 23.4 Å². The summed E-state index contributed by atoms with van der Waals surface area (Å²) < 4.78 is 118. The van der Waals surface area contributed by atoms with Gasteiger partial charge in [0.2, 0.25) is 11.9 Å². The molecule has 0 saturated carbocycles. The largest absolute Gasteiger partial charge is 0.433 e. The lowest BCUT2D eigenvalue weighted by molar-refractivity contribution is -0.141. The van der Waals surface area contributed by atoms with Crippen LogP contribution in [-0.2, 0) is 12.4 Å². The van der Waals surface area contributed by atoms with E-state index in [0.717, 1.165) is 30.6 Å². The van der Waals surface area contributed by atoms with Crippen LogP contribution in [0.25, 0.3) is 22.9 Å². The zero-order valence-corrected chi connectivity index (χ0v) is 17.8. The van der Waals surface area contributed by atoms with E-state index < -0.39 is 65.0 Å². The fourth-order valence-corrected chi connectivity index (χ4v) is 2.93. The molecule has 0 spiro atoms. The summed E-state index contributed by atoms with van der Waals surface area (Å²) in [6, 6.07) is 5.20. The molecule has 4 aromatic rings. The van der Waals surface area contributed by atoms with Gasteiger partial charge < -0.3 is 5.32 Å². The molecule has 0 aliphatic rings. The second-order valence-electron chi connectivity index (χ2n) is 7.17. The maximum absolute atomic E-state index is 13.7. The Morgan fingerprint density at radius 3 is 2.14 bits per heavy atom. The highest BCUT2D eigenvalue weighted by molar-refractivity contribution is 5.63. The van der Waals surface area contributed by atoms with Crippen molar-refractivity contribution in [3.8, 4) is 22.9 Å². The highest BCUT2D eigenvalue weighted by atomic mass is 19.4. The fourth-order valence-electron chi connectivity index (χ4n) is 2.93. The van der Waals surface area contributed by atoms with Crippen molar-refractivity contribution in [2.45, 2.75) is 18.8 Å². The van der Waals surface area contributed by atoms with E-state index in [1.807, 2.05) is 0 Å². The monoisotopic (exact) mass is 531 g/mol. The van der Waals surface area contributed by atoms with Crippen molar-refractivity contribution in [2.75, 3.05) is 5.32 Å². The van der Waals surface area contributed by atoms with Crippen molar-refractivity contribution in [1.82, 2.24) is 29.9 Å². The van der Waals surface area contributed by atoms with E-state index in [2.05, 4.69) is 35.2 Å². The van der Waals surface area contributed by atoms with Gasteiger partial charge in [-0.3, -0.25) is 4.98 Å². The van der Waals surface area contributed by atoms with Crippen LogP contribution in [0.3, 0.4) is 0 Å². The second-order valence-corrected chi connectivity index (χ2v) is 7.17. The minimum absolute atomic E-state index is 0.215. The lowest BCUT2D eigenvalue weighted by Crippen LogP contribution is -2.10. The van der Waals surface area contributed by atoms with Crippen LogP contribution in [0.2, 0.25) is 0 Å². The summed E-state index contributed by atoms with van der Waals surface area (Å²) in [5, 5.41) is 2.44. The molecule has 16 heteroatoms. The molecular formula is C21H10F9N7. The molecule has 0 unspecified atom stereocenters. The quantitative estimate of drug-likeness (QED) is 0.241. The average Bonchev–Trinajstić information content (AvgIpc) is 2.83. The van der Waals surface area contributed by atoms with Gasteiger partial charge in [0, 0.05) is 23.6 Å². The Labute approximate surface area is 200 Å². The third kappa shape index (κ3) is 5.90. The molecule has 0 aliphatic carbocycles.